The van der Waals surface area contributed by atoms with Crippen molar-refractivity contribution in [3.8, 4) is 0 Å². The average molecular weight is 331 g/mol. The van der Waals surface area contributed by atoms with Gasteiger partial charge in [0.05, 0.1) is 23.6 Å². The smallest absolute Gasteiger partial charge is 0.262 e. The summed E-state index contributed by atoms with van der Waals surface area (Å²) < 4.78 is 3.10. The lowest BCUT2D eigenvalue weighted by molar-refractivity contribution is -0.116. The van der Waals surface area contributed by atoms with Crippen molar-refractivity contribution >= 4 is 33.1 Å². The third-order valence-corrected chi connectivity index (χ3v) is 4.84. The minimum Gasteiger partial charge on any atom is -0.323 e. The van der Waals surface area contributed by atoms with Crippen LogP contribution in [0.15, 0.2) is 23.5 Å². The van der Waals surface area contributed by atoms with E-state index in [2.05, 4.69) is 15.4 Å². The maximum Gasteiger partial charge on any atom is 0.262 e. The number of carbonyl (C=O) groups excluding carboxylic acids is 1. The number of fused-ring (bicyclic) bond motifs is 1. The van der Waals surface area contributed by atoms with Crippen molar-refractivity contribution in [3.63, 3.8) is 0 Å². The van der Waals surface area contributed by atoms with E-state index >= 15 is 0 Å². The molecular formula is C15H17N5O2S. The Morgan fingerprint density at radius 1 is 1.39 bits per heavy atom. The highest BCUT2D eigenvalue weighted by Crippen LogP contribution is 2.25. The predicted octanol–water partition coefficient (Wildman–Crippen LogP) is 1.84. The molecule has 23 heavy (non-hydrogen) atoms. The number of anilines is 1. The number of hydrogen-bond donors (Lipinski definition) is 1. The van der Waals surface area contributed by atoms with Crippen LogP contribution in [0.1, 0.15) is 16.9 Å². The molecule has 3 aromatic rings. The molecule has 7 nitrogen and oxygen atoms in total. The Labute approximate surface area is 136 Å². The van der Waals surface area contributed by atoms with Gasteiger partial charge in [0.15, 0.2) is 0 Å². The van der Waals surface area contributed by atoms with Crippen LogP contribution in [-0.4, -0.2) is 25.2 Å². The number of thiophene rings is 1. The summed E-state index contributed by atoms with van der Waals surface area (Å²) in [5, 5.41) is 7.39. The van der Waals surface area contributed by atoms with Crippen molar-refractivity contribution < 1.29 is 4.79 Å². The molecule has 1 amide bonds. The molecule has 0 saturated heterocycles. The second-order valence-corrected chi connectivity index (χ2v) is 6.61. The lowest BCUT2D eigenvalue weighted by atomic mass is 10.2. The summed E-state index contributed by atoms with van der Waals surface area (Å²) in [6.07, 6.45) is 5.01. The number of amides is 1. The van der Waals surface area contributed by atoms with Gasteiger partial charge in [0, 0.05) is 31.1 Å². The molecule has 0 fully saturated rings. The van der Waals surface area contributed by atoms with Crippen molar-refractivity contribution in [1.29, 1.82) is 0 Å². The zero-order valence-electron chi connectivity index (χ0n) is 13.2. The van der Waals surface area contributed by atoms with E-state index in [-0.39, 0.29) is 17.9 Å². The number of nitrogens with one attached hydrogen (secondary N) is 1. The average Bonchev–Trinajstić information content (AvgIpc) is 3.03. The summed E-state index contributed by atoms with van der Waals surface area (Å²) in [6.45, 7) is 4.20. The number of aryl methyl sites for hydroxylation is 4. The molecule has 120 valence electrons. The maximum absolute atomic E-state index is 12.5. The zero-order valence-corrected chi connectivity index (χ0v) is 14.0. The third kappa shape index (κ3) is 3.02. The minimum atomic E-state index is -0.164. The molecular weight excluding hydrogens is 314 g/mol. The van der Waals surface area contributed by atoms with Crippen LogP contribution < -0.4 is 10.9 Å². The summed E-state index contributed by atoms with van der Waals surface area (Å²) in [6, 6.07) is 0. The second kappa shape index (κ2) is 5.96. The fraction of sp³-hybridized carbons (Fsp3) is 0.333. The monoisotopic (exact) mass is 331 g/mol. The fourth-order valence-corrected chi connectivity index (χ4v) is 3.35. The number of nitrogens with zero attached hydrogens (tertiary/aromatic N) is 4. The third-order valence-electron chi connectivity index (χ3n) is 3.72. The van der Waals surface area contributed by atoms with Gasteiger partial charge in [0.1, 0.15) is 4.83 Å². The van der Waals surface area contributed by atoms with Crippen molar-refractivity contribution in [2.75, 3.05) is 5.32 Å². The molecule has 0 bridgehead atoms. The molecule has 0 atom stereocenters. The highest BCUT2D eigenvalue weighted by atomic mass is 32.1. The minimum absolute atomic E-state index is 0.0916. The van der Waals surface area contributed by atoms with Gasteiger partial charge in [-0.25, -0.2) is 4.98 Å². The van der Waals surface area contributed by atoms with Gasteiger partial charge in [-0.2, -0.15) is 5.10 Å². The Hall–Kier alpha value is -2.48. The Morgan fingerprint density at radius 2 is 2.17 bits per heavy atom. The first-order valence-corrected chi connectivity index (χ1v) is 8.01. The largest absolute Gasteiger partial charge is 0.323 e. The normalized spacial score (nSPS) is 11.1. The standard InChI is InChI=1S/C15H17N5O2S/c1-9-10(2)23-14-13(9)15(22)20(8-16-14)5-4-12(21)18-11-6-17-19(3)7-11/h6-8H,4-5H2,1-3H3,(H,18,21). The maximum atomic E-state index is 12.5. The van der Waals surface area contributed by atoms with E-state index in [9.17, 15) is 9.59 Å². The molecule has 8 heteroatoms. The molecule has 3 aromatic heterocycles. The van der Waals surface area contributed by atoms with E-state index < -0.39 is 0 Å². The lowest BCUT2D eigenvalue weighted by Gasteiger charge is -2.06. The van der Waals surface area contributed by atoms with Gasteiger partial charge >= 0.3 is 0 Å². The summed E-state index contributed by atoms with van der Waals surface area (Å²) >= 11 is 1.52. The van der Waals surface area contributed by atoms with E-state index in [4.69, 9.17) is 0 Å². The predicted molar refractivity (Wildman–Crippen MR) is 89.8 cm³/mol. The van der Waals surface area contributed by atoms with Gasteiger partial charge in [-0.3, -0.25) is 18.8 Å². The molecule has 0 spiro atoms. The van der Waals surface area contributed by atoms with Crippen LogP contribution in [0.3, 0.4) is 0 Å². The SMILES string of the molecule is Cc1sc2ncn(CCC(=O)Nc3cnn(C)c3)c(=O)c2c1C. The zero-order chi connectivity index (χ0) is 16.6. The van der Waals surface area contributed by atoms with Gasteiger partial charge < -0.3 is 5.32 Å². The molecule has 3 rings (SSSR count). The van der Waals surface area contributed by atoms with Crippen molar-refractivity contribution in [1.82, 2.24) is 19.3 Å². The number of rotatable bonds is 4. The van der Waals surface area contributed by atoms with Gasteiger partial charge in [-0.15, -0.1) is 11.3 Å². The Bertz CT molecular complexity index is 937. The van der Waals surface area contributed by atoms with Crippen molar-refractivity contribution in [2.45, 2.75) is 26.8 Å². The van der Waals surface area contributed by atoms with Crippen LogP contribution in [0.25, 0.3) is 10.2 Å². The number of hydrogen-bond acceptors (Lipinski definition) is 5. The quantitative estimate of drug-likeness (QED) is 0.791. The van der Waals surface area contributed by atoms with E-state index in [0.717, 1.165) is 15.3 Å². The first kappa shape index (κ1) is 15.4. The fourth-order valence-electron chi connectivity index (χ4n) is 2.36. The van der Waals surface area contributed by atoms with Crippen LogP contribution in [0.5, 0.6) is 0 Å². The Kier molecular flexibility index (Phi) is 3.99. The first-order chi connectivity index (χ1) is 11.0. The van der Waals surface area contributed by atoms with Gasteiger partial charge in [-0.05, 0) is 19.4 Å². The molecule has 0 aliphatic carbocycles. The summed E-state index contributed by atoms with van der Waals surface area (Å²) in [4.78, 5) is 30.7. The Morgan fingerprint density at radius 3 is 2.87 bits per heavy atom. The van der Waals surface area contributed by atoms with E-state index in [0.29, 0.717) is 17.6 Å². The van der Waals surface area contributed by atoms with Crippen molar-refractivity contribution in [3.05, 3.63) is 39.5 Å². The number of aromatic nitrogens is 4. The topological polar surface area (TPSA) is 81.8 Å². The highest BCUT2D eigenvalue weighted by Gasteiger charge is 2.13. The molecule has 0 radical (unpaired) electrons. The molecule has 1 N–H and O–H groups in total. The first-order valence-electron chi connectivity index (χ1n) is 7.19. The van der Waals surface area contributed by atoms with Crippen molar-refractivity contribution in [2.24, 2.45) is 7.05 Å². The van der Waals surface area contributed by atoms with E-state index in [1.54, 1.807) is 24.1 Å². The summed E-state index contributed by atoms with van der Waals surface area (Å²) in [7, 11) is 1.78. The molecule has 0 aromatic carbocycles. The van der Waals surface area contributed by atoms with Crippen LogP contribution in [0.4, 0.5) is 5.69 Å². The Balaban J connectivity index is 1.74. The van der Waals surface area contributed by atoms with E-state index in [1.165, 1.54) is 22.2 Å². The lowest BCUT2D eigenvalue weighted by Crippen LogP contribution is -2.23. The van der Waals surface area contributed by atoms with Crippen LogP contribution in [0, 0.1) is 13.8 Å². The highest BCUT2D eigenvalue weighted by molar-refractivity contribution is 7.18. The molecule has 3 heterocycles. The second-order valence-electron chi connectivity index (χ2n) is 5.41. The summed E-state index contributed by atoms with van der Waals surface area (Å²) in [5.41, 5.74) is 1.52. The molecule has 0 saturated carbocycles. The molecule has 0 unspecified atom stereocenters. The molecule has 0 aliphatic rings. The van der Waals surface area contributed by atoms with Crippen LogP contribution in [-0.2, 0) is 18.4 Å². The van der Waals surface area contributed by atoms with Gasteiger partial charge in [0.25, 0.3) is 5.56 Å². The van der Waals surface area contributed by atoms with E-state index in [1.807, 2.05) is 13.8 Å². The molecule has 0 aliphatic heterocycles. The summed E-state index contributed by atoms with van der Waals surface area (Å²) in [5.74, 6) is -0.164. The van der Waals surface area contributed by atoms with Crippen LogP contribution in [0.2, 0.25) is 0 Å². The van der Waals surface area contributed by atoms with Gasteiger partial charge in [0.2, 0.25) is 5.91 Å². The number of carbonyl (C=O) groups is 1. The van der Waals surface area contributed by atoms with Gasteiger partial charge in [-0.1, -0.05) is 0 Å². The van der Waals surface area contributed by atoms with Crippen LogP contribution >= 0.6 is 11.3 Å².